The number of nitrogens with one attached hydrogen (secondary N) is 1. The minimum absolute atomic E-state index is 0.137. The van der Waals surface area contributed by atoms with Crippen LogP contribution in [0.5, 0.6) is 0 Å². The minimum Gasteiger partial charge on any atom is -0.460 e. The molecule has 0 radical (unpaired) electrons. The van der Waals surface area contributed by atoms with E-state index in [2.05, 4.69) is 15.6 Å². The summed E-state index contributed by atoms with van der Waals surface area (Å²) < 4.78 is 11.8. The van der Waals surface area contributed by atoms with Crippen molar-refractivity contribution in [3.8, 4) is 0 Å². The Kier molecular flexibility index (Phi) is 6.25. The lowest BCUT2D eigenvalue weighted by Crippen LogP contribution is -2.57. The Morgan fingerprint density at radius 3 is 2.75 bits per heavy atom. The van der Waals surface area contributed by atoms with E-state index < -0.39 is 11.6 Å². The van der Waals surface area contributed by atoms with Crippen LogP contribution in [0.4, 0.5) is 4.79 Å². The number of aromatic nitrogens is 3. The molecule has 1 fully saturated rings. The van der Waals surface area contributed by atoms with Crippen LogP contribution in [0.15, 0.2) is 36.5 Å². The van der Waals surface area contributed by atoms with E-state index in [1.54, 1.807) is 17.9 Å². The summed E-state index contributed by atoms with van der Waals surface area (Å²) in [6.07, 6.45) is 2.69. The summed E-state index contributed by atoms with van der Waals surface area (Å²) in [4.78, 5) is 26.2. The molecule has 3 rings (SSSR count). The van der Waals surface area contributed by atoms with Gasteiger partial charge in [-0.15, -0.1) is 5.10 Å². The number of amides is 1. The fourth-order valence-electron chi connectivity index (χ4n) is 3.43. The molecule has 0 spiro atoms. The van der Waals surface area contributed by atoms with E-state index >= 15 is 0 Å². The van der Waals surface area contributed by atoms with Crippen molar-refractivity contribution in [3.05, 3.63) is 47.8 Å². The second-order valence-corrected chi connectivity index (χ2v) is 6.94. The SMILES string of the molecule is COC(=O)NC1(c2cn(C)nn2)CCCN(CC(=O)OCc2ccccc2)C1. The largest absolute Gasteiger partial charge is 0.460 e. The number of carbonyl (C=O) groups excluding carboxylic acids is 2. The molecule has 28 heavy (non-hydrogen) atoms. The molecular formula is C19H25N5O4. The smallest absolute Gasteiger partial charge is 0.407 e. The maximum absolute atomic E-state index is 12.3. The number of methoxy groups -OCH3 is 1. The second kappa shape index (κ2) is 8.83. The molecule has 9 nitrogen and oxygen atoms in total. The number of alkyl carbamates (subject to hydrolysis) is 1. The van der Waals surface area contributed by atoms with Crippen LogP contribution in [-0.4, -0.2) is 58.7 Å². The van der Waals surface area contributed by atoms with Gasteiger partial charge in [-0.2, -0.15) is 0 Å². The zero-order valence-electron chi connectivity index (χ0n) is 16.1. The van der Waals surface area contributed by atoms with Gasteiger partial charge in [-0.1, -0.05) is 35.5 Å². The van der Waals surface area contributed by atoms with E-state index in [4.69, 9.17) is 9.47 Å². The third-order valence-electron chi connectivity index (χ3n) is 4.79. The van der Waals surface area contributed by atoms with Gasteiger partial charge in [0.15, 0.2) is 0 Å². The number of piperidine rings is 1. The van der Waals surface area contributed by atoms with Gasteiger partial charge in [-0.05, 0) is 24.9 Å². The number of nitrogens with zero attached hydrogens (tertiary/aromatic N) is 4. The van der Waals surface area contributed by atoms with Crippen LogP contribution >= 0.6 is 0 Å². The van der Waals surface area contributed by atoms with Gasteiger partial charge in [0.05, 0.1) is 19.9 Å². The van der Waals surface area contributed by atoms with Gasteiger partial charge in [0.25, 0.3) is 0 Å². The number of carbonyl (C=O) groups is 2. The van der Waals surface area contributed by atoms with Gasteiger partial charge in [0.2, 0.25) is 0 Å². The lowest BCUT2D eigenvalue weighted by molar-refractivity contribution is -0.146. The Balaban J connectivity index is 1.65. The first-order valence-electron chi connectivity index (χ1n) is 9.15. The summed E-state index contributed by atoms with van der Waals surface area (Å²) in [6, 6.07) is 9.55. The Hall–Kier alpha value is -2.94. The fourth-order valence-corrected chi connectivity index (χ4v) is 3.43. The Morgan fingerprint density at radius 1 is 1.29 bits per heavy atom. The summed E-state index contributed by atoms with van der Waals surface area (Å²) in [5.74, 6) is -0.308. The highest BCUT2D eigenvalue weighted by molar-refractivity contribution is 5.72. The van der Waals surface area contributed by atoms with Gasteiger partial charge in [-0.3, -0.25) is 14.4 Å². The van der Waals surface area contributed by atoms with Crippen molar-refractivity contribution in [1.82, 2.24) is 25.2 Å². The standard InChI is InChI=1S/C19H25N5O4/c1-23-11-16(21-22-23)19(20-18(26)27-2)9-6-10-24(14-19)12-17(25)28-13-15-7-4-3-5-8-15/h3-5,7-8,11H,6,9-10,12-14H2,1-2H3,(H,20,26). The molecule has 1 aromatic carbocycles. The van der Waals surface area contributed by atoms with Crippen molar-refractivity contribution in [2.75, 3.05) is 26.7 Å². The highest BCUT2D eigenvalue weighted by atomic mass is 16.5. The van der Waals surface area contributed by atoms with Gasteiger partial charge in [0, 0.05) is 13.6 Å². The van der Waals surface area contributed by atoms with Gasteiger partial charge < -0.3 is 14.8 Å². The Labute approximate surface area is 163 Å². The van der Waals surface area contributed by atoms with Crippen LogP contribution in [0.25, 0.3) is 0 Å². The summed E-state index contributed by atoms with van der Waals surface area (Å²) in [7, 11) is 3.09. The average molecular weight is 387 g/mol. The average Bonchev–Trinajstić information content (AvgIpc) is 3.14. The summed E-state index contributed by atoms with van der Waals surface area (Å²) in [5, 5.41) is 11.1. The van der Waals surface area contributed by atoms with E-state index in [1.807, 2.05) is 35.2 Å². The summed E-state index contributed by atoms with van der Waals surface area (Å²) in [5.41, 5.74) is 0.817. The van der Waals surface area contributed by atoms with Crippen LogP contribution in [0.3, 0.4) is 0 Å². The molecule has 2 heterocycles. The topological polar surface area (TPSA) is 98.6 Å². The number of rotatable bonds is 6. The first-order chi connectivity index (χ1) is 13.5. The van der Waals surface area contributed by atoms with Crippen LogP contribution < -0.4 is 5.32 Å². The molecule has 1 aromatic heterocycles. The number of likely N-dealkylation sites (tertiary alicyclic amines) is 1. The van der Waals surface area contributed by atoms with Crippen LogP contribution in [-0.2, 0) is 33.5 Å². The van der Waals surface area contributed by atoms with Crippen molar-refractivity contribution in [2.45, 2.75) is 25.0 Å². The van der Waals surface area contributed by atoms with Gasteiger partial charge in [0.1, 0.15) is 17.8 Å². The normalized spacial score (nSPS) is 19.8. The number of hydrogen-bond donors (Lipinski definition) is 1. The molecule has 1 aliphatic heterocycles. The molecule has 9 heteroatoms. The summed E-state index contributed by atoms with van der Waals surface area (Å²) in [6.45, 7) is 1.52. The molecule has 1 N–H and O–H groups in total. The number of benzene rings is 1. The van der Waals surface area contributed by atoms with E-state index in [9.17, 15) is 9.59 Å². The Morgan fingerprint density at radius 2 is 2.07 bits per heavy atom. The molecule has 1 saturated heterocycles. The first kappa shape index (κ1) is 19.8. The lowest BCUT2D eigenvalue weighted by Gasteiger charge is -2.41. The summed E-state index contributed by atoms with van der Waals surface area (Å²) >= 11 is 0. The molecule has 1 unspecified atom stereocenters. The second-order valence-electron chi connectivity index (χ2n) is 6.94. The molecule has 1 aliphatic rings. The first-order valence-corrected chi connectivity index (χ1v) is 9.15. The van der Waals surface area contributed by atoms with E-state index in [-0.39, 0.29) is 19.1 Å². The maximum Gasteiger partial charge on any atom is 0.407 e. The van der Waals surface area contributed by atoms with Crippen molar-refractivity contribution in [3.63, 3.8) is 0 Å². The number of hydrogen-bond acceptors (Lipinski definition) is 7. The van der Waals surface area contributed by atoms with E-state index in [0.29, 0.717) is 18.7 Å². The molecule has 0 aliphatic carbocycles. The monoisotopic (exact) mass is 387 g/mol. The molecule has 1 amide bonds. The Bertz CT molecular complexity index is 810. The maximum atomic E-state index is 12.3. The molecule has 0 bridgehead atoms. The predicted octanol–water partition coefficient (Wildman–Crippen LogP) is 1.21. The van der Waals surface area contributed by atoms with Crippen LogP contribution in [0.1, 0.15) is 24.1 Å². The minimum atomic E-state index is -0.765. The van der Waals surface area contributed by atoms with E-state index in [1.165, 1.54) is 7.11 Å². The third kappa shape index (κ3) is 4.86. The van der Waals surface area contributed by atoms with Crippen molar-refractivity contribution >= 4 is 12.1 Å². The van der Waals surface area contributed by atoms with Gasteiger partial charge >= 0.3 is 12.1 Å². The van der Waals surface area contributed by atoms with Crippen molar-refractivity contribution < 1.29 is 19.1 Å². The highest BCUT2D eigenvalue weighted by Gasteiger charge is 2.41. The molecule has 1 atom stereocenters. The third-order valence-corrected chi connectivity index (χ3v) is 4.79. The van der Waals surface area contributed by atoms with Crippen molar-refractivity contribution in [2.24, 2.45) is 7.05 Å². The number of ether oxygens (including phenoxy) is 2. The van der Waals surface area contributed by atoms with E-state index in [0.717, 1.165) is 18.5 Å². The van der Waals surface area contributed by atoms with Crippen LogP contribution in [0, 0.1) is 0 Å². The number of esters is 1. The highest BCUT2D eigenvalue weighted by Crippen LogP contribution is 2.30. The van der Waals surface area contributed by atoms with Crippen molar-refractivity contribution in [1.29, 1.82) is 0 Å². The molecule has 0 saturated carbocycles. The lowest BCUT2D eigenvalue weighted by atomic mass is 9.86. The molecule has 150 valence electrons. The quantitative estimate of drug-likeness (QED) is 0.744. The van der Waals surface area contributed by atoms with Gasteiger partial charge in [-0.25, -0.2) is 4.79 Å². The zero-order valence-corrected chi connectivity index (χ0v) is 16.1. The predicted molar refractivity (Wildman–Crippen MR) is 100 cm³/mol. The molecular weight excluding hydrogens is 362 g/mol. The fraction of sp³-hybridized carbons (Fsp3) is 0.474. The molecule has 2 aromatic rings. The zero-order chi connectivity index (χ0) is 20.0. The number of aryl methyl sites for hydroxylation is 1. The van der Waals surface area contributed by atoms with Crippen LogP contribution in [0.2, 0.25) is 0 Å².